The van der Waals surface area contributed by atoms with Gasteiger partial charge in [0.15, 0.2) is 0 Å². The van der Waals surface area contributed by atoms with Crippen molar-refractivity contribution in [2.45, 2.75) is 45.5 Å². The molecule has 7 heteroatoms. The van der Waals surface area contributed by atoms with Crippen LogP contribution in [0.25, 0.3) is 10.9 Å². The number of nitrogens with one attached hydrogen (secondary N) is 1. The van der Waals surface area contributed by atoms with Crippen LogP contribution in [0.1, 0.15) is 32.8 Å². The van der Waals surface area contributed by atoms with E-state index in [1.807, 2.05) is 6.92 Å². The summed E-state index contributed by atoms with van der Waals surface area (Å²) in [5.41, 5.74) is 0.00720. The molecule has 0 radical (unpaired) electrons. The quantitative estimate of drug-likeness (QED) is 0.885. The smallest absolute Gasteiger partial charge is 0.417 e. The minimum absolute atomic E-state index is 0.0326. The predicted octanol–water partition coefficient (Wildman–Crippen LogP) is 4.62. The average molecular weight is 340 g/mol. The molecule has 24 heavy (non-hydrogen) atoms. The minimum atomic E-state index is -4.50. The molecule has 1 N–H and O–H groups in total. The summed E-state index contributed by atoms with van der Waals surface area (Å²) in [5.74, 6) is 0.467. The maximum atomic E-state index is 13.5. The molecule has 130 valence electrons. The Hall–Kier alpha value is -2.18. The zero-order chi connectivity index (χ0) is 17.5. The van der Waals surface area contributed by atoms with Crippen LogP contribution in [0.4, 0.5) is 18.9 Å². The Morgan fingerprint density at radius 3 is 2.71 bits per heavy atom. The van der Waals surface area contributed by atoms with Gasteiger partial charge in [-0.05, 0) is 26.3 Å². The van der Waals surface area contributed by atoms with Crippen molar-refractivity contribution in [2.24, 2.45) is 0 Å². The van der Waals surface area contributed by atoms with Crippen molar-refractivity contribution in [1.82, 2.24) is 4.98 Å². The number of alkyl halides is 3. The number of anilines is 1. The lowest BCUT2D eigenvalue weighted by atomic mass is 10.1. The molecule has 4 nitrogen and oxygen atoms in total. The molecule has 3 rings (SSSR count). The largest absolute Gasteiger partial charge is 0.489 e. The zero-order valence-electron chi connectivity index (χ0n) is 13.7. The van der Waals surface area contributed by atoms with Crippen molar-refractivity contribution < 1.29 is 22.6 Å². The number of aromatic nitrogens is 1. The summed E-state index contributed by atoms with van der Waals surface area (Å²) in [6, 6.07) is 4.03. The fourth-order valence-corrected chi connectivity index (χ4v) is 2.67. The number of hydrogen-bond acceptors (Lipinski definition) is 4. The standard InChI is InChI=1S/C17H19F3N2O2/c1-4-10-8-23-15-7-13-11(5-14(15)21-10)12(17(18,19)20)6-16(22-13)24-9(2)3/h5-7,9-10,21H,4,8H2,1-3H3. The van der Waals surface area contributed by atoms with E-state index in [-0.39, 0.29) is 28.9 Å². The summed E-state index contributed by atoms with van der Waals surface area (Å²) in [6.07, 6.45) is -3.94. The van der Waals surface area contributed by atoms with Gasteiger partial charge < -0.3 is 14.8 Å². The average Bonchev–Trinajstić information content (AvgIpc) is 2.50. The van der Waals surface area contributed by atoms with Crippen LogP contribution < -0.4 is 14.8 Å². The van der Waals surface area contributed by atoms with E-state index in [0.29, 0.717) is 18.0 Å². The number of hydrogen-bond donors (Lipinski definition) is 1. The third-order valence-corrected chi connectivity index (χ3v) is 3.84. The van der Waals surface area contributed by atoms with Crippen LogP contribution in [0.15, 0.2) is 18.2 Å². The third kappa shape index (κ3) is 3.20. The molecule has 0 amide bonds. The molecule has 0 spiro atoms. The van der Waals surface area contributed by atoms with E-state index in [0.717, 1.165) is 12.5 Å². The molecule has 0 saturated heterocycles. The molecule has 1 atom stereocenters. The van der Waals surface area contributed by atoms with E-state index in [1.54, 1.807) is 13.8 Å². The summed E-state index contributed by atoms with van der Waals surface area (Å²) < 4.78 is 51.5. The van der Waals surface area contributed by atoms with Gasteiger partial charge in [0.25, 0.3) is 0 Å². The normalized spacial score (nSPS) is 17.4. The Labute approximate surface area is 138 Å². The highest BCUT2D eigenvalue weighted by Gasteiger charge is 2.34. The molecule has 2 aromatic rings. The van der Waals surface area contributed by atoms with Crippen molar-refractivity contribution in [3.8, 4) is 11.6 Å². The van der Waals surface area contributed by atoms with Gasteiger partial charge >= 0.3 is 6.18 Å². The lowest BCUT2D eigenvalue weighted by molar-refractivity contribution is -0.136. The van der Waals surface area contributed by atoms with Gasteiger partial charge in [0.05, 0.1) is 28.9 Å². The van der Waals surface area contributed by atoms with Crippen LogP contribution >= 0.6 is 0 Å². The molecule has 2 heterocycles. The third-order valence-electron chi connectivity index (χ3n) is 3.84. The first-order chi connectivity index (χ1) is 11.3. The zero-order valence-corrected chi connectivity index (χ0v) is 13.7. The Morgan fingerprint density at radius 1 is 1.33 bits per heavy atom. The highest BCUT2D eigenvalue weighted by atomic mass is 19.4. The second-order valence-corrected chi connectivity index (χ2v) is 6.10. The first-order valence-corrected chi connectivity index (χ1v) is 7.90. The molecule has 0 aliphatic carbocycles. The van der Waals surface area contributed by atoms with Crippen LogP contribution in [0, 0.1) is 0 Å². The summed E-state index contributed by atoms with van der Waals surface area (Å²) in [4.78, 5) is 4.21. The first kappa shape index (κ1) is 16.7. The van der Waals surface area contributed by atoms with E-state index in [2.05, 4.69) is 10.3 Å². The topological polar surface area (TPSA) is 43.4 Å². The van der Waals surface area contributed by atoms with Crippen LogP contribution in [0.3, 0.4) is 0 Å². The summed E-state index contributed by atoms with van der Waals surface area (Å²) >= 11 is 0. The fraction of sp³-hybridized carbons (Fsp3) is 0.471. The fourth-order valence-electron chi connectivity index (χ4n) is 2.67. The van der Waals surface area contributed by atoms with Gasteiger partial charge in [-0.1, -0.05) is 6.92 Å². The summed E-state index contributed by atoms with van der Waals surface area (Å²) in [7, 11) is 0. The van der Waals surface area contributed by atoms with Gasteiger partial charge in [-0.3, -0.25) is 0 Å². The maximum absolute atomic E-state index is 13.5. The molecule has 0 fully saturated rings. The van der Waals surface area contributed by atoms with Gasteiger partial charge in [0, 0.05) is 17.5 Å². The number of fused-ring (bicyclic) bond motifs is 2. The number of benzene rings is 1. The number of halogens is 3. The molecule has 1 aliphatic rings. The molecule has 1 aliphatic heterocycles. The lowest BCUT2D eigenvalue weighted by Crippen LogP contribution is -2.30. The molecular weight excluding hydrogens is 321 g/mol. The van der Waals surface area contributed by atoms with Crippen molar-refractivity contribution in [2.75, 3.05) is 11.9 Å². The predicted molar refractivity (Wildman–Crippen MR) is 85.7 cm³/mol. The van der Waals surface area contributed by atoms with E-state index in [9.17, 15) is 13.2 Å². The van der Waals surface area contributed by atoms with Crippen LogP contribution in [-0.4, -0.2) is 23.7 Å². The van der Waals surface area contributed by atoms with Gasteiger partial charge in [-0.15, -0.1) is 0 Å². The van der Waals surface area contributed by atoms with Crippen molar-refractivity contribution >= 4 is 16.6 Å². The molecule has 1 aromatic carbocycles. The molecular formula is C17H19F3N2O2. The van der Waals surface area contributed by atoms with Gasteiger partial charge in [-0.25, -0.2) is 4.98 Å². The van der Waals surface area contributed by atoms with Crippen molar-refractivity contribution in [3.63, 3.8) is 0 Å². The van der Waals surface area contributed by atoms with Gasteiger partial charge in [0.1, 0.15) is 12.4 Å². The molecule has 0 saturated carbocycles. The van der Waals surface area contributed by atoms with E-state index >= 15 is 0 Å². The number of pyridine rings is 1. The van der Waals surface area contributed by atoms with Crippen molar-refractivity contribution in [3.05, 3.63) is 23.8 Å². The van der Waals surface area contributed by atoms with Crippen LogP contribution in [0.2, 0.25) is 0 Å². The van der Waals surface area contributed by atoms with E-state index < -0.39 is 11.7 Å². The Morgan fingerprint density at radius 2 is 2.08 bits per heavy atom. The molecule has 1 unspecified atom stereocenters. The highest BCUT2D eigenvalue weighted by Crippen LogP contribution is 2.41. The highest BCUT2D eigenvalue weighted by molar-refractivity contribution is 5.89. The van der Waals surface area contributed by atoms with Crippen LogP contribution in [0.5, 0.6) is 11.6 Å². The molecule has 0 bridgehead atoms. The maximum Gasteiger partial charge on any atom is 0.417 e. The van der Waals surface area contributed by atoms with Crippen molar-refractivity contribution in [1.29, 1.82) is 0 Å². The van der Waals surface area contributed by atoms with E-state index in [1.165, 1.54) is 12.1 Å². The van der Waals surface area contributed by atoms with E-state index in [4.69, 9.17) is 9.47 Å². The second-order valence-electron chi connectivity index (χ2n) is 6.10. The molecule has 1 aromatic heterocycles. The Kier molecular flexibility index (Phi) is 4.19. The number of nitrogens with zero attached hydrogens (tertiary/aromatic N) is 1. The number of rotatable bonds is 3. The Balaban J connectivity index is 2.17. The van der Waals surface area contributed by atoms with Gasteiger partial charge in [0.2, 0.25) is 5.88 Å². The summed E-state index contributed by atoms with van der Waals surface area (Å²) in [6.45, 7) is 5.95. The van der Waals surface area contributed by atoms with Gasteiger partial charge in [-0.2, -0.15) is 13.2 Å². The lowest BCUT2D eigenvalue weighted by Gasteiger charge is -2.27. The first-order valence-electron chi connectivity index (χ1n) is 7.90. The summed E-state index contributed by atoms with van der Waals surface area (Å²) in [5, 5.41) is 3.25. The van der Waals surface area contributed by atoms with Crippen LogP contribution in [-0.2, 0) is 6.18 Å². The number of ether oxygens (including phenoxy) is 2. The second kappa shape index (κ2) is 6.03. The monoisotopic (exact) mass is 340 g/mol. The SMILES string of the molecule is CCC1COc2cc3nc(OC(C)C)cc(C(F)(F)F)c3cc2N1. The Bertz CT molecular complexity index is 760. The minimum Gasteiger partial charge on any atom is -0.489 e.